The molecule has 2 nitrogen and oxygen atoms in total. The van der Waals surface area contributed by atoms with Gasteiger partial charge in [0.15, 0.2) is 0 Å². The highest BCUT2D eigenvalue weighted by Crippen LogP contribution is 2.33. The van der Waals surface area contributed by atoms with Crippen molar-refractivity contribution >= 4 is 5.78 Å². The van der Waals surface area contributed by atoms with Gasteiger partial charge in [-0.3, -0.25) is 4.79 Å². The third-order valence-corrected chi connectivity index (χ3v) is 3.68. The van der Waals surface area contributed by atoms with Gasteiger partial charge in [-0.15, -0.1) is 0 Å². The highest BCUT2D eigenvalue weighted by molar-refractivity contribution is 5.84. The molecule has 0 radical (unpaired) electrons. The van der Waals surface area contributed by atoms with Crippen LogP contribution in [0.5, 0.6) is 0 Å². The van der Waals surface area contributed by atoms with Crippen LogP contribution in [0, 0.1) is 5.41 Å². The Labute approximate surface area is 93.8 Å². The predicted molar refractivity (Wildman–Crippen MR) is 64.0 cm³/mol. The van der Waals surface area contributed by atoms with Gasteiger partial charge < -0.3 is 5.32 Å². The average molecular weight is 211 g/mol. The van der Waals surface area contributed by atoms with E-state index in [9.17, 15) is 4.79 Å². The molecule has 0 aromatic rings. The second-order valence-corrected chi connectivity index (χ2v) is 5.94. The molecule has 1 N–H and O–H groups in total. The lowest BCUT2D eigenvalue weighted by Crippen LogP contribution is -2.47. The molecule has 0 heterocycles. The zero-order chi connectivity index (χ0) is 11.5. The van der Waals surface area contributed by atoms with E-state index in [-0.39, 0.29) is 11.0 Å². The van der Waals surface area contributed by atoms with Gasteiger partial charge in [-0.1, -0.05) is 40.0 Å². The van der Waals surface area contributed by atoms with Crippen molar-refractivity contribution in [3.63, 3.8) is 0 Å². The monoisotopic (exact) mass is 211 g/mol. The van der Waals surface area contributed by atoms with Crippen LogP contribution in [-0.2, 0) is 4.79 Å². The summed E-state index contributed by atoms with van der Waals surface area (Å²) in [6.45, 7) is 6.05. The van der Waals surface area contributed by atoms with Gasteiger partial charge in [0, 0.05) is 17.4 Å². The molecule has 0 aliphatic heterocycles. The summed E-state index contributed by atoms with van der Waals surface area (Å²) in [6.07, 6.45) is 6.87. The van der Waals surface area contributed by atoms with E-state index in [0.717, 1.165) is 12.8 Å². The lowest BCUT2D eigenvalue weighted by molar-refractivity contribution is -0.128. The summed E-state index contributed by atoms with van der Waals surface area (Å²) in [5, 5.41) is 3.40. The first-order valence-corrected chi connectivity index (χ1v) is 6.12. The molecule has 1 saturated carbocycles. The number of hydrogen-bond acceptors (Lipinski definition) is 2. The van der Waals surface area contributed by atoms with Crippen LogP contribution in [0.15, 0.2) is 0 Å². The van der Waals surface area contributed by atoms with E-state index in [2.05, 4.69) is 5.32 Å². The lowest BCUT2D eigenvalue weighted by Gasteiger charge is -2.38. The topological polar surface area (TPSA) is 29.1 Å². The van der Waals surface area contributed by atoms with Crippen molar-refractivity contribution in [3.8, 4) is 0 Å². The summed E-state index contributed by atoms with van der Waals surface area (Å²) in [5.74, 6) is 0.388. The molecule has 15 heavy (non-hydrogen) atoms. The number of hydrogen-bond donors (Lipinski definition) is 1. The summed E-state index contributed by atoms with van der Waals surface area (Å²) in [6, 6.07) is 0. The molecule has 1 fully saturated rings. The molecule has 0 bridgehead atoms. The van der Waals surface area contributed by atoms with Crippen LogP contribution in [0.4, 0.5) is 0 Å². The maximum Gasteiger partial charge on any atom is 0.140 e. The van der Waals surface area contributed by atoms with Gasteiger partial charge in [-0.2, -0.15) is 0 Å². The third-order valence-electron chi connectivity index (χ3n) is 3.68. The minimum Gasteiger partial charge on any atom is -0.314 e. The Morgan fingerprint density at radius 3 is 2.13 bits per heavy atom. The second kappa shape index (κ2) is 4.65. The summed E-state index contributed by atoms with van der Waals surface area (Å²) in [7, 11) is 2.00. The van der Waals surface area contributed by atoms with Gasteiger partial charge in [0.25, 0.3) is 0 Å². The summed E-state index contributed by atoms with van der Waals surface area (Å²) >= 11 is 0. The Balaban J connectivity index is 2.63. The number of carbonyl (C=O) groups excluding carboxylic acids is 1. The van der Waals surface area contributed by atoms with Gasteiger partial charge in [0.2, 0.25) is 0 Å². The van der Waals surface area contributed by atoms with Crippen LogP contribution in [-0.4, -0.2) is 18.4 Å². The highest BCUT2D eigenvalue weighted by atomic mass is 16.1. The highest BCUT2D eigenvalue weighted by Gasteiger charge is 2.35. The van der Waals surface area contributed by atoms with E-state index >= 15 is 0 Å². The smallest absolute Gasteiger partial charge is 0.140 e. The molecule has 0 amide bonds. The van der Waals surface area contributed by atoms with Crippen molar-refractivity contribution in [1.29, 1.82) is 0 Å². The van der Waals surface area contributed by atoms with E-state index < -0.39 is 0 Å². The fourth-order valence-electron chi connectivity index (χ4n) is 2.32. The van der Waals surface area contributed by atoms with Crippen LogP contribution in [0.1, 0.15) is 59.3 Å². The molecular formula is C13H25NO. The van der Waals surface area contributed by atoms with E-state index in [1.165, 1.54) is 19.3 Å². The number of rotatable bonds is 3. The van der Waals surface area contributed by atoms with Crippen LogP contribution in [0.25, 0.3) is 0 Å². The van der Waals surface area contributed by atoms with Gasteiger partial charge in [-0.25, -0.2) is 0 Å². The van der Waals surface area contributed by atoms with Crippen molar-refractivity contribution in [3.05, 3.63) is 0 Å². The molecule has 1 rings (SSSR count). The zero-order valence-corrected chi connectivity index (χ0v) is 10.7. The number of carbonyl (C=O) groups is 1. The van der Waals surface area contributed by atoms with Gasteiger partial charge in [-0.05, 0) is 19.9 Å². The van der Waals surface area contributed by atoms with Crippen molar-refractivity contribution in [2.45, 2.75) is 64.8 Å². The maximum absolute atomic E-state index is 12.1. The average Bonchev–Trinajstić information content (AvgIpc) is 2.18. The van der Waals surface area contributed by atoms with Gasteiger partial charge in [0.05, 0.1) is 0 Å². The SMILES string of the molecule is CNC1(CC(=O)C(C)(C)C)CCCCC1. The van der Waals surface area contributed by atoms with Crippen molar-refractivity contribution in [2.75, 3.05) is 7.05 Å². The molecule has 1 aliphatic rings. The molecule has 0 atom stereocenters. The Hall–Kier alpha value is -0.370. The number of nitrogens with one attached hydrogen (secondary N) is 1. The first kappa shape index (κ1) is 12.7. The van der Waals surface area contributed by atoms with Crippen LogP contribution >= 0.6 is 0 Å². The van der Waals surface area contributed by atoms with Crippen molar-refractivity contribution in [1.82, 2.24) is 5.32 Å². The quantitative estimate of drug-likeness (QED) is 0.777. The van der Waals surface area contributed by atoms with Crippen LogP contribution < -0.4 is 5.32 Å². The van der Waals surface area contributed by atoms with E-state index in [4.69, 9.17) is 0 Å². The lowest BCUT2D eigenvalue weighted by atomic mass is 9.74. The zero-order valence-electron chi connectivity index (χ0n) is 10.7. The summed E-state index contributed by atoms with van der Waals surface area (Å²) in [4.78, 5) is 12.1. The molecule has 0 unspecified atom stereocenters. The molecule has 0 spiro atoms. The molecule has 2 heteroatoms. The van der Waals surface area contributed by atoms with E-state index in [0.29, 0.717) is 12.2 Å². The normalized spacial score (nSPS) is 21.3. The maximum atomic E-state index is 12.1. The Morgan fingerprint density at radius 1 is 1.20 bits per heavy atom. The number of ketones is 1. The fourth-order valence-corrected chi connectivity index (χ4v) is 2.32. The summed E-state index contributed by atoms with van der Waals surface area (Å²) < 4.78 is 0. The van der Waals surface area contributed by atoms with E-state index in [1.54, 1.807) is 0 Å². The molecule has 0 aromatic heterocycles. The third kappa shape index (κ3) is 3.30. The van der Waals surface area contributed by atoms with Crippen molar-refractivity contribution in [2.24, 2.45) is 5.41 Å². The minimum absolute atomic E-state index is 0.0998. The first-order valence-electron chi connectivity index (χ1n) is 6.12. The molecule has 1 aliphatic carbocycles. The Kier molecular flexibility index (Phi) is 3.93. The first-order chi connectivity index (χ1) is 6.90. The largest absolute Gasteiger partial charge is 0.314 e. The summed E-state index contributed by atoms with van der Waals surface area (Å²) in [5.41, 5.74) is -0.0933. The standard InChI is InChI=1S/C13H25NO/c1-12(2,3)11(15)10-13(14-4)8-6-5-7-9-13/h14H,5-10H2,1-4H3. The minimum atomic E-state index is -0.193. The number of Topliss-reactive ketones (excluding diaryl/α,β-unsaturated/α-hetero) is 1. The van der Waals surface area contributed by atoms with Gasteiger partial charge in [0.1, 0.15) is 5.78 Å². The Morgan fingerprint density at radius 2 is 1.73 bits per heavy atom. The van der Waals surface area contributed by atoms with E-state index in [1.807, 2.05) is 27.8 Å². The Bertz CT molecular complexity index is 221. The molecule has 0 aromatic carbocycles. The fraction of sp³-hybridized carbons (Fsp3) is 0.923. The van der Waals surface area contributed by atoms with Crippen LogP contribution in [0.2, 0.25) is 0 Å². The van der Waals surface area contributed by atoms with Crippen LogP contribution in [0.3, 0.4) is 0 Å². The molecular weight excluding hydrogens is 186 g/mol. The predicted octanol–water partition coefficient (Wildman–Crippen LogP) is 2.91. The van der Waals surface area contributed by atoms with Gasteiger partial charge >= 0.3 is 0 Å². The van der Waals surface area contributed by atoms with Crippen molar-refractivity contribution < 1.29 is 4.79 Å². The second-order valence-electron chi connectivity index (χ2n) is 5.94. The molecule has 0 saturated heterocycles. The molecule has 88 valence electrons.